The molecule has 1 aliphatic rings. The number of nitrogens with one attached hydrogen (secondary N) is 1. The van der Waals surface area contributed by atoms with Crippen LogP contribution in [0.25, 0.3) is 0 Å². The smallest absolute Gasteiger partial charge is 0.102 e. The first kappa shape index (κ1) is 11.2. The third kappa shape index (κ3) is 2.81. The second-order valence-corrected chi connectivity index (χ2v) is 3.85. The molecular weight excluding hydrogens is 190 g/mol. The highest BCUT2D eigenvalue weighted by Gasteiger charge is 2.14. The number of hydrogen-bond acceptors (Lipinski definition) is 2. The quantitative estimate of drug-likeness (QED) is 0.749. The van der Waals surface area contributed by atoms with Crippen LogP contribution >= 0.6 is 11.8 Å². The maximum absolute atomic E-state index is 3.39. The average molecular weight is 207 g/mol. The van der Waals surface area contributed by atoms with Gasteiger partial charge in [0.15, 0.2) is 0 Å². The number of thioether (sulfide) groups is 1. The fourth-order valence-electron chi connectivity index (χ4n) is 1.23. The number of benzene rings is 1. The number of hydrogen-bond donors (Lipinski definition) is 1. The van der Waals surface area contributed by atoms with Crippen molar-refractivity contribution in [1.29, 1.82) is 0 Å². The van der Waals surface area contributed by atoms with Crippen LogP contribution in [0, 0.1) is 0 Å². The fourth-order valence-corrected chi connectivity index (χ4v) is 2.21. The first-order chi connectivity index (χ1) is 6.86. The molecule has 1 nitrogen and oxygen atoms in total. The molecule has 1 heterocycles. The summed E-state index contributed by atoms with van der Waals surface area (Å²) in [5.41, 5.74) is 2.60. The number of rotatable bonds is 1. The van der Waals surface area contributed by atoms with Gasteiger partial charge in [0.1, 0.15) is 5.37 Å². The van der Waals surface area contributed by atoms with Gasteiger partial charge in [0.2, 0.25) is 0 Å². The highest BCUT2D eigenvalue weighted by atomic mass is 32.2. The van der Waals surface area contributed by atoms with E-state index in [0.717, 1.165) is 0 Å². The maximum Gasteiger partial charge on any atom is 0.102 e. The summed E-state index contributed by atoms with van der Waals surface area (Å²) in [7, 11) is 0. The minimum Gasteiger partial charge on any atom is -0.372 e. The van der Waals surface area contributed by atoms with Crippen LogP contribution in [0.1, 0.15) is 31.7 Å². The van der Waals surface area contributed by atoms with Gasteiger partial charge in [0.25, 0.3) is 0 Å². The third-order valence-corrected chi connectivity index (χ3v) is 2.99. The summed E-state index contributed by atoms with van der Waals surface area (Å²) in [5.74, 6) is 0. The molecule has 2 rings (SSSR count). The Kier molecular flexibility index (Phi) is 4.60. The molecule has 1 unspecified atom stereocenters. The Morgan fingerprint density at radius 3 is 2.29 bits per heavy atom. The van der Waals surface area contributed by atoms with E-state index in [-0.39, 0.29) is 0 Å². The van der Waals surface area contributed by atoms with Gasteiger partial charge in [-0.15, -0.1) is 11.8 Å². The second kappa shape index (κ2) is 5.76. The molecule has 1 atom stereocenters. The van der Waals surface area contributed by atoms with Crippen LogP contribution in [0.15, 0.2) is 41.4 Å². The Hall–Kier alpha value is -0.890. The topological polar surface area (TPSA) is 12.0 Å². The number of allylic oxidation sites excluding steroid dienone is 1. The summed E-state index contributed by atoms with van der Waals surface area (Å²) in [4.78, 5) is 0. The highest BCUT2D eigenvalue weighted by molar-refractivity contribution is 8.02. The first-order valence-corrected chi connectivity index (χ1v) is 5.94. The fraction of sp³-hybridized carbons (Fsp3) is 0.333. The SMILES string of the molecule is CC.CC1=CSC(c2ccccc2)N1. The van der Waals surface area contributed by atoms with Crippen molar-refractivity contribution < 1.29 is 0 Å². The monoisotopic (exact) mass is 207 g/mol. The molecule has 0 saturated carbocycles. The molecule has 1 aromatic carbocycles. The molecule has 0 aromatic heterocycles. The maximum atomic E-state index is 3.39. The van der Waals surface area contributed by atoms with E-state index in [1.54, 1.807) is 0 Å². The van der Waals surface area contributed by atoms with Crippen molar-refractivity contribution >= 4 is 11.8 Å². The van der Waals surface area contributed by atoms with Crippen LogP contribution in [0.3, 0.4) is 0 Å². The molecule has 0 radical (unpaired) electrons. The van der Waals surface area contributed by atoms with E-state index in [1.165, 1.54) is 11.3 Å². The van der Waals surface area contributed by atoms with Gasteiger partial charge in [0, 0.05) is 5.70 Å². The van der Waals surface area contributed by atoms with Gasteiger partial charge in [-0.25, -0.2) is 0 Å². The summed E-state index contributed by atoms with van der Waals surface area (Å²) < 4.78 is 0. The molecular formula is C12H17NS. The summed E-state index contributed by atoms with van der Waals surface area (Å²) in [6, 6.07) is 10.5. The molecule has 1 N–H and O–H groups in total. The van der Waals surface area contributed by atoms with Gasteiger partial charge in [-0.1, -0.05) is 44.2 Å². The minimum absolute atomic E-state index is 0.422. The third-order valence-electron chi connectivity index (χ3n) is 1.84. The van der Waals surface area contributed by atoms with Crippen LogP contribution in [0.5, 0.6) is 0 Å². The summed E-state index contributed by atoms with van der Waals surface area (Å²) in [5, 5.41) is 5.98. The van der Waals surface area contributed by atoms with Crippen LogP contribution in [-0.4, -0.2) is 0 Å². The lowest BCUT2D eigenvalue weighted by Crippen LogP contribution is -2.10. The van der Waals surface area contributed by atoms with Crippen molar-refractivity contribution in [3.8, 4) is 0 Å². The van der Waals surface area contributed by atoms with E-state index >= 15 is 0 Å². The van der Waals surface area contributed by atoms with E-state index in [0.29, 0.717) is 5.37 Å². The Balaban J connectivity index is 0.000000461. The van der Waals surface area contributed by atoms with Crippen molar-refractivity contribution in [2.75, 3.05) is 0 Å². The zero-order chi connectivity index (χ0) is 10.4. The van der Waals surface area contributed by atoms with E-state index in [9.17, 15) is 0 Å². The molecule has 0 amide bonds. The molecule has 0 aliphatic carbocycles. The Labute approximate surface area is 90.6 Å². The van der Waals surface area contributed by atoms with Gasteiger partial charge >= 0.3 is 0 Å². The van der Waals surface area contributed by atoms with Crippen molar-refractivity contribution in [3.63, 3.8) is 0 Å². The highest BCUT2D eigenvalue weighted by Crippen LogP contribution is 2.33. The van der Waals surface area contributed by atoms with E-state index in [1.807, 2.05) is 31.7 Å². The lowest BCUT2D eigenvalue weighted by molar-refractivity contribution is 0.811. The van der Waals surface area contributed by atoms with Gasteiger partial charge < -0.3 is 5.32 Å². The normalized spacial score (nSPS) is 19.1. The van der Waals surface area contributed by atoms with Gasteiger partial charge in [-0.2, -0.15) is 0 Å². The van der Waals surface area contributed by atoms with E-state index < -0.39 is 0 Å². The summed E-state index contributed by atoms with van der Waals surface area (Å²) in [6.45, 7) is 6.09. The molecule has 76 valence electrons. The van der Waals surface area contributed by atoms with Gasteiger partial charge in [-0.05, 0) is 17.9 Å². The average Bonchev–Trinajstić information content (AvgIpc) is 2.69. The molecule has 0 fully saturated rings. The predicted octanol–water partition coefficient (Wildman–Crippen LogP) is 3.91. The molecule has 2 heteroatoms. The van der Waals surface area contributed by atoms with Crippen LogP contribution < -0.4 is 5.32 Å². The Bertz CT molecular complexity index is 292. The second-order valence-electron chi connectivity index (χ2n) is 2.87. The van der Waals surface area contributed by atoms with Gasteiger partial charge in [0.05, 0.1) is 0 Å². The standard InChI is InChI=1S/C10H11NS.C2H6/c1-8-7-12-10(11-8)9-5-3-2-4-6-9;1-2/h2-7,10-11H,1H3;1-2H3. The van der Waals surface area contributed by atoms with Crippen molar-refractivity contribution in [1.82, 2.24) is 5.32 Å². The zero-order valence-electron chi connectivity index (χ0n) is 8.95. The Morgan fingerprint density at radius 2 is 1.79 bits per heavy atom. The van der Waals surface area contributed by atoms with Crippen LogP contribution in [-0.2, 0) is 0 Å². The van der Waals surface area contributed by atoms with Gasteiger partial charge in [-0.3, -0.25) is 0 Å². The first-order valence-electron chi connectivity index (χ1n) is 5.00. The van der Waals surface area contributed by atoms with E-state index in [4.69, 9.17) is 0 Å². The van der Waals surface area contributed by atoms with Crippen molar-refractivity contribution in [2.45, 2.75) is 26.1 Å². The molecule has 0 spiro atoms. The molecule has 0 bridgehead atoms. The lowest BCUT2D eigenvalue weighted by atomic mass is 10.2. The van der Waals surface area contributed by atoms with Crippen LogP contribution in [0.4, 0.5) is 0 Å². The molecule has 1 aliphatic heterocycles. The minimum atomic E-state index is 0.422. The molecule has 0 saturated heterocycles. The largest absolute Gasteiger partial charge is 0.372 e. The molecule has 1 aromatic rings. The van der Waals surface area contributed by atoms with Crippen molar-refractivity contribution in [2.24, 2.45) is 0 Å². The predicted molar refractivity (Wildman–Crippen MR) is 65.0 cm³/mol. The summed E-state index contributed by atoms with van der Waals surface area (Å²) >= 11 is 1.83. The van der Waals surface area contributed by atoms with Crippen LogP contribution in [0.2, 0.25) is 0 Å². The zero-order valence-corrected chi connectivity index (χ0v) is 9.77. The Morgan fingerprint density at radius 1 is 1.14 bits per heavy atom. The summed E-state index contributed by atoms with van der Waals surface area (Å²) in [6.07, 6.45) is 0. The molecule has 14 heavy (non-hydrogen) atoms. The lowest BCUT2D eigenvalue weighted by Gasteiger charge is -2.10. The van der Waals surface area contributed by atoms with E-state index in [2.05, 4.69) is 41.9 Å². The van der Waals surface area contributed by atoms with Crippen molar-refractivity contribution in [3.05, 3.63) is 47.0 Å².